The van der Waals surface area contributed by atoms with Gasteiger partial charge in [0.1, 0.15) is 34.7 Å². The van der Waals surface area contributed by atoms with Crippen molar-refractivity contribution < 1.29 is 23.8 Å². The molecule has 0 bridgehead atoms. The predicted octanol–water partition coefficient (Wildman–Crippen LogP) is 4.24. The monoisotopic (exact) mass is 509 g/mol. The third-order valence-electron chi connectivity index (χ3n) is 5.74. The molecule has 4 rings (SSSR count). The summed E-state index contributed by atoms with van der Waals surface area (Å²) in [6, 6.07) is 9.28. The van der Waals surface area contributed by atoms with Crippen molar-refractivity contribution in [2.75, 3.05) is 23.3 Å². The molecule has 1 fully saturated rings. The highest BCUT2D eigenvalue weighted by Crippen LogP contribution is 2.27. The molecule has 1 atom stereocenters. The molecule has 2 amide bonds. The lowest BCUT2D eigenvalue weighted by atomic mass is 10.1. The second-order valence-corrected chi connectivity index (χ2v) is 9.81. The number of benzene rings is 1. The molecule has 194 valence electrons. The Bertz CT molecular complexity index is 1360. The molecule has 0 aliphatic carbocycles. The molecule has 1 saturated heterocycles. The SMILES string of the molecule is CC(C)(C)OC(=O)N(Cc1cccc(F)c1)c1cc(NC2CCCN(C(=O)O)C2)nc2c(C#N)cnn12. The minimum Gasteiger partial charge on any atom is -0.465 e. The number of rotatable bonds is 5. The maximum absolute atomic E-state index is 14.0. The summed E-state index contributed by atoms with van der Waals surface area (Å²) in [5.41, 5.74) is 0.105. The molecule has 2 N–H and O–H groups in total. The molecule has 1 aromatic carbocycles. The van der Waals surface area contributed by atoms with Crippen molar-refractivity contribution in [1.29, 1.82) is 5.26 Å². The van der Waals surface area contributed by atoms with Gasteiger partial charge >= 0.3 is 12.2 Å². The number of aromatic nitrogens is 3. The maximum Gasteiger partial charge on any atom is 0.416 e. The fraction of sp³-hybridized carbons (Fsp3) is 0.400. The van der Waals surface area contributed by atoms with Crippen LogP contribution in [-0.4, -0.2) is 61.5 Å². The van der Waals surface area contributed by atoms with Gasteiger partial charge in [-0.25, -0.2) is 19.0 Å². The number of nitrogens with one attached hydrogen (secondary N) is 1. The summed E-state index contributed by atoms with van der Waals surface area (Å²) in [7, 11) is 0. The van der Waals surface area contributed by atoms with E-state index in [1.54, 1.807) is 39.0 Å². The lowest BCUT2D eigenvalue weighted by Gasteiger charge is -2.32. The van der Waals surface area contributed by atoms with Gasteiger partial charge in [-0.05, 0) is 51.3 Å². The van der Waals surface area contributed by atoms with Crippen LogP contribution in [0.5, 0.6) is 0 Å². The molecule has 1 aliphatic heterocycles. The highest BCUT2D eigenvalue weighted by Gasteiger charge is 2.29. The Morgan fingerprint density at radius 1 is 1.35 bits per heavy atom. The topological polar surface area (TPSA) is 136 Å². The molecule has 0 saturated carbocycles. The number of piperidine rings is 1. The van der Waals surface area contributed by atoms with Crippen molar-refractivity contribution in [1.82, 2.24) is 19.5 Å². The summed E-state index contributed by atoms with van der Waals surface area (Å²) in [6.07, 6.45) is 1.05. The molecule has 3 heterocycles. The van der Waals surface area contributed by atoms with Crippen LogP contribution in [0.2, 0.25) is 0 Å². The van der Waals surface area contributed by atoms with Crippen LogP contribution in [0.3, 0.4) is 0 Å². The number of amides is 2. The number of hydrogen-bond acceptors (Lipinski definition) is 7. The van der Waals surface area contributed by atoms with E-state index < -0.39 is 23.6 Å². The second-order valence-electron chi connectivity index (χ2n) is 9.81. The van der Waals surface area contributed by atoms with Crippen molar-refractivity contribution in [3.8, 4) is 6.07 Å². The number of halogens is 1. The van der Waals surface area contributed by atoms with Crippen molar-refractivity contribution >= 4 is 29.5 Å². The summed E-state index contributed by atoms with van der Waals surface area (Å²) in [4.78, 5) is 32.0. The predicted molar refractivity (Wildman–Crippen MR) is 133 cm³/mol. The van der Waals surface area contributed by atoms with Gasteiger partial charge in [-0.2, -0.15) is 14.9 Å². The molecule has 12 heteroatoms. The van der Waals surface area contributed by atoms with Gasteiger partial charge in [0.25, 0.3) is 0 Å². The van der Waals surface area contributed by atoms with E-state index >= 15 is 0 Å². The van der Waals surface area contributed by atoms with Gasteiger partial charge in [0.05, 0.1) is 12.7 Å². The Labute approximate surface area is 213 Å². The van der Waals surface area contributed by atoms with Crippen LogP contribution in [0.25, 0.3) is 5.65 Å². The van der Waals surface area contributed by atoms with Crippen molar-refractivity contribution in [3.05, 3.63) is 53.5 Å². The van der Waals surface area contributed by atoms with Gasteiger partial charge < -0.3 is 20.1 Å². The second kappa shape index (κ2) is 10.3. The number of anilines is 2. The summed E-state index contributed by atoms with van der Waals surface area (Å²) < 4.78 is 21.0. The molecule has 3 aromatic rings. The number of ether oxygens (including phenoxy) is 1. The van der Waals surface area contributed by atoms with E-state index in [2.05, 4.69) is 15.4 Å². The van der Waals surface area contributed by atoms with Gasteiger partial charge in [0.15, 0.2) is 5.65 Å². The zero-order valence-electron chi connectivity index (χ0n) is 20.8. The largest absolute Gasteiger partial charge is 0.465 e. The molecule has 11 nitrogen and oxygen atoms in total. The van der Waals surface area contributed by atoms with Gasteiger partial charge in [-0.15, -0.1) is 0 Å². The van der Waals surface area contributed by atoms with E-state index in [4.69, 9.17) is 4.74 Å². The van der Waals surface area contributed by atoms with Gasteiger partial charge in [-0.1, -0.05) is 12.1 Å². The standard InChI is InChI=1S/C25H28FN7O4/c1-25(2,3)37-24(36)32(14-16-6-4-7-18(26)10-16)21-11-20(30-22-17(12-27)13-28-33(21)22)29-19-8-5-9-31(15-19)23(34)35/h4,6-7,10-11,13,19H,5,8-9,14-15H2,1-3H3,(H,29,30)(H,34,35). The first kappa shape index (κ1) is 25.7. The zero-order chi connectivity index (χ0) is 26.7. The van der Waals surface area contributed by atoms with Crippen LogP contribution in [0.4, 0.5) is 25.6 Å². The summed E-state index contributed by atoms with van der Waals surface area (Å²) in [5.74, 6) is 0.137. The number of carboxylic acid groups (broad SMARTS) is 1. The number of fused-ring (bicyclic) bond motifs is 1. The molecule has 0 radical (unpaired) electrons. The van der Waals surface area contributed by atoms with Gasteiger partial charge in [-0.3, -0.25) is 4.90 Å². The highest BCUT2D eigenvalue weighted by molar-refractivity contribution is 5.88. The summed E-state index contributed by atoms with van der Waals surface area (Å²) in [5, 5.41) is 26.5. The lowest BCUT2D eigenvalue weighted by Crippen LogP contribution is -2.44. The Morgan fingerprint density at radius 3 is 2.81 bits per heavy atom. The molecule has 1 aliphatic rings. The van der Waals surface area contributed by atoms with Gasteiger partial charge in [0.2, 0.25) is 0 Å². The highest BCUT2D eigenvalue weighted by atomic mass is 19.1. The fourth-order valence-corrected chi connectivity index (χ4v) is 4.14. The van der Waals surface area contributed by atoms with E-state index in [1.165, 1.54) is 32.6 Å². The number of carbonyl (C=O) groups excluding carboxylic acids is 1. The van der Waals surface area contributed by atoms with E-state index in [-0.39, 0.29) is 36.2 Å². The normalized spacial score (nSPS) is 15.8. The lowest BCUT2D eigenvalue weighted by molar-refractivity contribution is 0.0575. The average molecular weight is 510 g/mol. The Balaban J connectivity index is 1.78. The third-order valence-corrected chi connectivity index (χ3v) is 5.74. The van der Waals surface area contributed by atoms with Crippen molar-refractivity contribution in [2.24, 2.45) is 0 Å². The molecular weight excluding hydrogens is 481 g/mol. The zero-order valence-corrected chi connectivity index (χ0v) is 20.8. The number of hydrogen-bond donors (Lipinski definition) is 2. The first-order chi connectivity index (χ1) is 17.5. The van der Waals surface area contributed by atoms with Gasteiger partial charge in [0, 0.05) is 25.2 Å². The fourth-order valence-electron chi connectivity index (χ4n) is 4.14. The van der Waals surface area contributed by atoms with E-state index in [1.807, 2.05) is 6.07 Å². The van der Waals surface area contributed by atoms with Crippen LogP contribution < -0.4 is 10.2 Å². The number of carbonyl (C=O) groups is 2. The number of nitrogens with zero attached hydrogens (tertiary/aromatic N) is 6. The minimum absolute atomic E-state index is 0.0385. The van der Waals surface area contributed by atoms with E-state index in [9.17, 15) is 24.3 Å². The molecule has 1 unspecified atom stereocenters. The Morgan fingerprint density at radius 2 is 2.14 bits per heavy atom. The number of nitriles is 1. The van der Waals surface area contributed by atoms with E-state index in [0.29, 0.717) is 24.3 Å². The summed E-state index contributed by atoms with van der Waals surface area (Å²) >= 11 is 0. The minimum atomic E-state index is -0.996. The third kappa shape index (κ3) is 6.06. The maximum atomic E-state index is 14.0. The Kier molecular flexibility index (Phi) is 7.15. The molecule has 0 spiro atoms. The molecular formula is C25H28FN7O4. The van der Waals surface area contributed by atoms with E-state index in [0.717, 1.165) is 6.42 Å². The molecule has 2 aromatic heterocycles. The molecule has 37 heavy (non-hydrogen) atoms. The smallest absolute Gasteiger partial charge is 0.416 e. The van der Waals surface area contributed by atoms with Crippen LogP contribution in [0.15, 0.2) is 36.5 Å². The quantitative estimate of drug-likeness (QED) is 0.521. The summed E-state index contributed by atoms with van der Waals surface area (Å²) in [6.45, 7) is 5.88. The van der Waals surface area contributed by atoms with Crippen LogP contribution in [-0.2, 0) is 11.3 Å². The van der Waals surface area contributed by atoms with Crippen molar-refractivity contribution in [2.45, 2.75) is 51.8 Å². The number of likely N-dealkylation sites (tertiary alicyclic amines) is 1. The Hall–Kier alpha value is -4.40. The van der Waals surface area contributed by atoms with Crippen LogP contribution >= 0.6 is 0 Å². The average Bonchev–Trinajstić information content (AvgIpc) is 3.24. The van der Waals surface area contributed by atoms with Crippen molar-refractivity contribution in [3.63, 3.8) is 0 Å². The first-order valence-electron chi connectivity index (χ1n) is 11.8. The first-order valence-corrected chi connectivity index (χ1v) is 11.8. The van der Waals surface area contributed by atoms with Crippen LogP contribution in [0.1, 0.15) is 44.7 Å². The van der Waals surface area contributed by atoms with Crippen LogP contribution in [0, 0.1) is 17.1 Å².